The van der Waals surface area contributed by atoms with Crippen molar-refractivity contribution in [2.75, 3.05) is 5.32 Å². The van der Waals surface area contributed by atoms with Crippen LogP contribution in [0.4, 0.5) is 5.13 Å². The molecule has 5 nitrogen and oxygen atoms in total. The number of aromatic nitrogens is 1. The van der Waals surface area contributed by atoms with E-state index in [2.05, 4.69) is 17.2 Å². The quantitative estimate of drug-likeness (QED) is 0.815. The van der Waals surface area contributed by atoms with Crippen LogP contribution in [0.2, 0.25) is 0 Å². The SMILES string of the molecule is CC(Cc1ccco1)Nc1nc(CCC(=O)O)cs1. The molecule has 102 valence electrons. The van der Waals surface area contributed by atoms with Crippen LogP contribution in [0.3, 0.4) is 0 Å². The molecule has 0 aliphatic carbocycles. The first-order chi connectivity index (χ1) is 9.13. The van der Waals surface area contributed by atoms with Gasteiger partial charge in [-0.3, -0.25) is 4.79 Å². The number of hydrogen-bond donors (Lipinski definition) is 2. The van der Waals surface area contributed by atoms with Crippen molar-refractivity contribution in [1.82, 2.24) is 4.98 Å². The summed E-state index contributed by atoms with van der Waals surface area (Å²) in [4.78, 5) is 14.8. The van der Waals surface area contributed by atoms with E-state index in [0.29, 0.717) is 6.42 Å². The molecule has 0 saturated carbocycles. The minimum absolute atomic E-state index is 0.116. The van der Waals surface area contributed by atoms with Crippen LogP contribution in [-0.4, -0.2) is 22.1 Å². The van der Waals surface area contributed by atoms with Crippen molar-refractivity contribution >= 4 is 22.4 Å². The normalized spacial score (nSPS) is 12.3. The van der Waals surface area contributed by atoms with Crippen molar-refractivity contribution in [3.8, 4) is 0 Å². The zero-order chi connectivity index (χ0) is 13.7. The fourth-order valence-corrected chi connectivity index (χ4v) is 2.57. The van der Waals surface area contributed by atoms with Crippen LogP contribution in [0.5, 0.6) is 0 Å². The molecule has 2 rings (SSSR count). The third kappa shape index (κ3) is 4.40. The minimum Gasteiger partial charge on any atom is -0.481 e. The van der Waals surface area contributed by atoms with Gasteiger partial charge in [0.25, 0.3) is 0 Å². The average Bonchev–Trinajstić information content (AvgIpc) is 2.98. The number of carbonyl (C=O) groups is 1. The smallest absolute Gasteiger partial charge is 0.303 e. The van der Waals surface area contributed by atoms with Gasteiger partial charge in [-0.05, 0) is 19.1 Å². The lowest BCUT2D eigenvalue weighted by Gasteiger charge is -2.10. The van der Waals surface area contributed by atoms with Gasteiger partial charge in [0.15, 0.2) is 5.13 Å². The summed E-state index contributed by atoms with van der Waals surface area (Å²) in [5.74, 6) is 0.136. The Morgan fingerprint density at radius 3 is 3.16 bits per heavy atom. The Bertz CT molecular complexity index is 522. The molecule has 1 unspecified atom stereocenters. The highest BCUT2D eigenvalue weighted by Gasteiger charge is 2.09. The van der Waals surface area contributed by atoms with Gasteiger partial charge in [0.1, 0.15) is 5.76 Å². The zero-order valence-electron chi connectivity index (χ0n) is 10.6. The van der Waals surface area contributed by atoms with Crippen LogP contribution >= 0.6 is 11.3 Å². The summed E-state index contributed by atoms with van der Waals surface area (Å²) in [6.07, 6.45) is 3.04. The summed E-state index contributed by atoms with van der Waals surface area (Å²) < 4.78 is 5.29. The van der Waals surface area contributed by atoms with Crippen molar-refractivity contribution in [1.29, 1.82) is 0 Å². The Labute approximate surface area is 115 Å². The number of nitrogens with one attached hydrogen (secondary N) is 1. The van der Waals surface area contributed by atoms with E-state index in [1.807, 2.05) is 17.5 Å². The molecule has 0 fully saturated rings. The number of carboxylic acid groups (broad SMARTS) is 1. The topological polar surface area (TPSA) is 75.4 Å². The first kappa shape index (κ1) is 13.6. The van der Waals surface area contributed by atoms with Gasteiger partial charge in [0, 0.05) is 24.3 Å². The molecular formula is C13H16N2O3S. The Balaban J connectivity index is 1.83. The number of anilines is 1. The van der Waals surface area contributed by atoms with E-state index in [4.69, 9.17) is 9.52 Å². The third-order valence-electron chi connectivity index (χ3n) is 2.60. The summed E-state index contributed by atoms with van der Waals surface area (Å²) in [5, 5.41) is 14.6. The molecule has 1 atom stereocenters. The van der Waals surface area contributed by atoms with Crippen LogP contribution in [-0.2, 0) is 17.6 Å². The first-order valence-corrected chi connectivity index (χ1v) is 6.96. The van der Waals surface area contributed by atoms with E-state index in [0.717, 1.165) is 23.0 Å². The highest BCUT2D eigenvalue weighted by molar-refractivity contribution is 7.13. The molecule has 0 amide bonds. The fourth-order valence-electron chi connectivity index (χ4n) is 1.72. The fraction of sp³-hybridized carbons (Fsp3) is 0.385. The van der Waals surface area contributed by atoms with Gasteiger partial charge in [-0.25, -0.2) is 4.98 Å². The monoisotopic (exact) mass is 280 g/mol. The van der Waals surface area contributed by atoms with Gasteiger partial charge in [-0.1, -0.05) is 0 Å². The summed E-state index contributed by atoms with van der Waals surface area (Å²) in [6, 6.07) is 4.03. The van der Waals surface area contributed by atoms with Crippen molar-refractivity contribution in [2.24, 2.45) is 0 Å². The summed E-state index contributed by atoms with van der Waals surface area (Å²) in [6.45, 7) is 2.06. The van der Waals surface area contributed by atoms with Gasteiger partial charge < -0.3 is 14.8 Å². The maximum absolute atomic E-state index is 10.5. The number of nitrogens with zero attached hydrogens (tertiary/aromatic N) is 1. The molecule has 6 heteroatoms. The molecule has 2 aromatic heterocycles. The van der Waals surface area contributed by atoms with Crippen LogP contribution in [0, 0.1) is 0 Å². The van der Waals surface area contributed by atoms with Gasteiger partial charge >= 0.3 is 5.97 Å². The predicted octanol–water partition coefficient (Wildman–Crippen LogP) is 2.80. The largest absolute Gasteiger partial charge is 0.481 e. The number of furan rings is 1. The number of carboxylic acids is 1. The van der Waals surface area contributed by atoms with Crippen molar-refractivity contribution in [3.63, 3.8) is 0 Å². The molecule has 0 aliphatic heterocycles. The van der Waals surface area contributed by atoms with Crippen LogP contribution in [0.25, 0.3) is 0 Å². The summed E-state index contributed by atoms with van der Waals surface area (Å²) in [5.41, 5.74) is 0.820. The molecule has 2 aromatic rings. The molecule has 0 aliphatic rings. The van der Waals surface area contributed by atoms with Gasteiger partial charge in [0.05, 0.1) is 18.4 Å². The molecule has 0 aromatic carbocycles. The van der Waals surface area contributed by atoms with Crippen molar-refractivity contribution in [3.05, 3.63) is 35.2 Å². The molecular weight excluding hydrogens is 264 g/mol. The van der Waals surface area contributed by atoms with Gasteiger partial charge in [-0.2, -0.15) is 0 Å². The predicted molar refractivity (Wildman–Crippen MR) is 73.6 cm³/mol. The number of aryl methyl sites for hydroxylation is 1. The summed E-state index contributed by atoms with van der Waals surface area (Å²) in [7, 11) is 0. The molecule has 0 spiro atoms. The molecule has 0 radical (unpaired) electrons. The average molecular weight is 280 g/mol. The number of thiazole rings is 1. The maximum Gasteiger partial charge on any atom is 0.303 e. The lowest BCUT2D eigenvalue weighted by molar-refractivity contribution is -0.136. The molecule has 0 bridgehead atoms. The van der Waals surface area contributed by atoms with E-state index < -0.39 is 5.97 Å². The number of hydrogen-bond acceptors (Lipinski definition) is 5. The second-order valence-electron chi connectivity index (χ2n) is 4.37. The Morgan fingerprint density at radius 2 is 2.47 bits per heavy atom. The van der Waals surface area contributed by atoms with Gasteiger partial charge in [-0.15, -0.1) is 11.3 Å². The van der Waals surface area contributed by atoms with Crippen LogP contribution in [0.15, 0.2) is 28.2 Å². The second kappa shape index (κ2) is 6.38. The summed E-state index contributed by atoms with van der Waals surface area (Å²) >= 11 is 1.50. The Kier molecular flexibility index (Phi) is 4.57. The number of rotatable bonds is 7. The highest BCUT2D eigenvalue weighted by atomic mass is 32.1. The first-order valence-electron chi connectivity index (χ1n) is 6.08. The van der Waals surface area contributed by atoms with E-state index in [9.17, 15) is 4.79 Å². The highest BCUT2D eigenvalue weighted by Crippen LogP contribution is 2.18. The molecule has 19 heavy (non-hydrogen) atoms. The van der Waals surface area contributed by atoms with Crippen LogP contribution in [0.1, 0.15) is 24.8 Å². The molecule has 2 N–H and O–H groups in total. The van der Waals surface area contributed by atoms with E-state index >= 15 is 0 Å². The van der Waals surface area contributed by atoms with E-state index in [1.165, 1.54) is 11.3 Å². The minimum atomic E-state index is -0.798. The zero-order valence-corrected chi connectivity index (χ0v) is 11.4. The van der Waals surface area contributed by atoms with Crippen molar-refractivity contribution < 1.29 is 14.3 Å². The lowest BCUT2D eigenvalue weighted by Crippen LogP contribution is -2.17. The molecule has 0 saturated heterocycles. The lowest BCUT2D eigenvalue weighted by atomic mass is 10.2. The standard InChI is InChI=1S/C13H16N2O3S/c1-9(7-11-3-2-6-18-11)14-13-15-10(8-19-13)4-5-12(16)17/h2-3,6,8-9H,4-5,7H2,1H3,(H,14,15)(H,16,17). The third-order valence-corrected chi connectivity index (χ3v) is 3.43. The van der Waals surface area contributed by atoms with Gasteiger partial charge in [0.2, 0.25) is 0 Å². The maximum atomic E-state index is 10.5. The van der Waals surface area contributed by atoms with Crippen LogP contribution < -0.4 is 5.32 Å². The second-order valence-corrected chi connectivity index (χ2v) is 5.22. The van der Waals surface area contributed by atoms with E-state index in [-0.39, 0.29) is 12.5 Å². The Hall–Kier alpha value is -1.82. The Morgan fingerprint density at radius 1 is 1.63 bits per heavy atom. The van der Waals surface area contributed by atoms with E-state index in [1.54, 1.807) is 6.26 Å². The molecule has 2 heterocycles. The van der Waals surface area contributed by atoms with Crippen molar-refractivity contribution in [2.45, 2.75) is 32.2 Å². The number of aliphatic carboxylic acids is 1.